The van der Waals surface area contributed by atoms with Gasteiger partial charge in [-0.15, -0.1) is 6.58 Å². The first-order valence-electron chi connectivity index (χ1n) is 9.56. The largest absolute Gasteiger partial charge is 0.507 e. The maximum absolute atomic E-state index is 10.3. The van der Waals surface area contributed by atoms with Gasteiger partial charge in [-0.3, -0.25) is 9.91 Å². The predicted octanol–water partition coefficient (Wildman–Crippen LogP) is 3.89. The fraction of sp³-hybridized carbons (Fsp3) is 0.348. The van der Waals surface area contributed by atoms with Crippen LogP contribution in [0.4, 0.5) is 0 Å². The zero-order valence-electron chi connectivity index (χ0n) is 16.4. The molecule has 1 aliphatic rings. The topological polar surface area (TPSA) is 39.1 Å². The Morgan fingerprint density at radius 3 is 2.56 bits per heavy atom. The van der Waals surface area contributed by atoms with Gasteiger partial charge in [-0.25, -0.2) is 0 Å². The second-order valence-corrected chi connectivity index (χ2v) is 7.25. The molecule has 0 radical (unpaired) electrons. The minimum atomic E-state index is 0.301. The molecule has 0 spiro atoms. The molecular formula is C23H29N3O. The van der Waals surface area contributed by atoms with Crippen LogP contribution in [0.25, 0.3) is 0 Å². The van der Waals surface area contributed by atoms with Crippen LogP contribution >= 0.6 is 0 Å². The van der Waals surface area contributed by atoms with Crippen molar-refractivity contribution in [3.05, 3.63) is 76.9 Å². The number of hydrogen-bond acceptors (Lipinski definition) is 4. The van der Waals surface area contributed by atoms with E-state index < -0.39 is 0 Å². The summed E-state index contributed by atoms with van der Waals surface area (Å²) >= 11 is 0. The molecule has 0 saturated carbocycles. The van der Waals surface area contributed by atoms with E-state index in [0.29, 0.717) is 12.2 Å². The Morgan fingerprint density at radius 2 is 1.85 bits per heavy atom. The maximum atomic E-state index is 10.3. The molecule has 142 valence electrons. The van der Waals surface area contributed by atoms with Crippen molar-refractivity contribution >= 4 is 6.21 Å². The van der Waals surface area contributed by atoms with E-state index in [-0.39, 0.29) is 0 Å². The predicted molar refractivity (Wildman–Crippen MR) is 112 cm³/mol. The second-order valence-electron chi connectivity index (χ2n) is 7.25. The van der Waals surface area contributed by atoms with Crippen LogP contribution in [0.5, 0.6) is 5.75 Å². The highest BCUT2D eigenvalue weighted by atomic mass is 16.3. The number of benzene rings is 2. The molecule has 0 unspecified atom stereocenters. The van der Waals surface area contributed by atoms with E-state index in [1.54, 1.807) is 12.3 Å². The number of phenols is 1. The lowest BCUT2D eigenvalue weighted by molar-refractivity contribution is 0.131. The third kappa shape index (κ3) is 4.98. The molecule has 4 nitrogen and oxygen atoms in total. The number of aromatic hydroxyl groups is 1. The highest BCUT2D eigenvalue weighted by molar-refractivity contribution is 5.83. The van der Waals surface area contributed by atoms with E-state index in [0.717, 1.165) is 43.9 Å². The molecule has 27 heavy (non-hydrogen) atoms. The average molecular weight is 364 g/mol. The number of hydrogen-bond donors (Lipinski definition) is 1. The van der Waals surface area contributed by atoms with E-state index in [9.17, 15) is 5.11 Å². The number of piperazine rings is 1. The van der Waals surface area contributed by atoms with E-state index in [1.807, 2.05) is 18.2 Å². The van der Waals surface area contributed by atoms with Crippen LogP contribution in [0, 0.1) is 13.8 Å². The van der Waals surface area contributed by atoms with Crippen LogP contribution in [-0.2, 0) is 13.0 Å². The summed E-state index contributed by atoms with van der Waals surface area (Å²) in [7, 11) is 0. The van der Waals surface area contributed by atoms with Crippen molar-refractivity contribution in [2.75, 3.05) is 26.2 Å². The number of aryl methyl sites for hydroxylation is 2. The Hall–Kier alpha value is -2.59. The first kappa shape index (κ1) is 19.2. The number of allylic oxidation sites excluding steroid dienone is 1. The van der Waals surface area contributed by atoms with Crippen molar-refractivity contribution in [2.45, 2.75) is 26.8 Å². The second kappa shape index (κ2) is 8.87. The van der Waals surface area contributed by atoms with Gasteiger partial charge in [0.15, 0.2) is 0 Å². The summed E-state index contributed by atoms with van der Waals surface area (Å²) < 4.78 is 0. The molecule has 4 heteroatoms. The summed E-state index contributed by atoms with van der Waals surface area (Å²) in [6.45, 7) is 12.8. The number of hydrazone groups is 1. The molecule has 1 N–H and O–H groups in total. The van der Waals surface area contributed by atoms with E-state index in [2.05, 4.69) is 53.6 Å². The quantitative estimate of drug-likeness (QED) is 0.625. The standard InChI is InChI=1S/C23H29N3O/c1-4-6-20-7-5-8-21(23(20)27)16-24-26-13-11-25(12-14-26)17-22-10-9-18(2)15-19(22)3/h4-5,7-10,15-16,27H,1,6,11-14,17H2,2-3H3. The molecule has 2 aromatic carbocycles. The molecule has 0 amide bonds. The van der Waals surface area contributed by atoms with E-state index in [1.165, 1.54) is 16.7 Å². The van der Waals surface area contributed by atoms with E-state index >= 15 is 0 Å². The minimum absolute atomic E-state index is 0.301. The van der Waals surface area contributed by atoms with Gasteiger partial charge in [0.25, 0.3) is 0 Å². The lowest BCUT2D eigenvalue weighted by Crippen LogP contribution is -2.43. The molecule has 3 rings (SSSR count). The van der Waals surface area contributed by atoms with Gasteiger partial charge in [0.1, 0.15) is 5.75 Å². The summed E-state index contributed by atoms with van der Waals surface area (Å²) in [5.74, 6) is 0.301. The Kier molecular flexibility index (Phi) is 6.30. The Morgan fingerprint density at radius 1 is 1.07 bits per heavy atom. The summed E-state index contributed by atoms with van der Waals surface area (Å²) in [6.07, 6.45) is 4.22. The van der Waals surface area contributed by atoms with Crippen molar-refractivity contribution < 1.29 is 5.11 Å². The summed E-state index contributed by atoms with van der Waals surface area (Å²) in [4.78, 5) is 2.48. The van der Waals surface area contributed by atoms with Gasteiger partial charge in [0.05, 0.1) is 6.21 Å². The Balaban J connectivity index is 1.56. The van der Waals surface area contributed by atoms with Crippen LogP contribution in [0.1, 0.15) is 27.8 Å². The molecule has 0 aromatic heterocycles. The normalized spacial score (nSPS) is 15.4. The molecule has 1 saturated heterocycles. The number of para-hydroxylation sites is 1. The Bertz CT molecular complexity index is 820. The molecule has 1 heterocycles. The van der Waals surface area contributed by atoms with Gasteiger partial charge in [-0.2, -0.15) is 5.10 Å². The highest BCUT2D eigenvalue weighted by Gasteiger charge is 2.16. The molecule has 0 aliphatic carbocycles. The molecular weight excluding hydrogens is 334 g/mol. The molecule has 1 fully saturated rings. The summed E-state index contributed by atoms with van der Waals surface area (Å²) in [5.41, 5.74) is 5.72. The van der Waals surface area contributed by atoms with Crippen LogP contribution in [-0.4, -0.2) is 47.4 Å². The van der Waals surface area contributed by atoms with Crippen molar-refractivity contribution in [1.82, 2.24) is 9.91 Å². The summed E-state index contributed by atoms with van der Waals surface area (Å²) in [6, 6.07) is 12.4. The first-order valence-corrected chi connectivity index (χ1v) is 9.56. The van der Waals surface area contributed by atoms with Crippen molar-refractivity contribution in [3.63, 3.8) is 0 Å². The smallest absolute Gasteiger partial charge is 0.127 e. The van der Waals surface area contributed by atoms with Crippen LogP contribution in [0.15, 0.2) is 54.2 Å². The number of rotatable bonds is 6. The van der Waals surface area contributed by atoms with Gasteiger partial charge >= 0.3 is 0 Å². The third-order valence-corrected chi connectivity index (χ3v) is 5.12. The molecule has 0 bridgehead atoms. The van der Waals surface area contributed by atoms with Gasteiger partial charge < -0.3 is 5.11 Å². The zero-order chi connectivity index (χ0) is 19.2. The maximum Gasteiger partial charge on any atom is 0.127 e. The van der Waals surface area contributed by atoms with Gasteiger partial charge in [0, 0.05) is 38.3 Å². The molecule has 1 aliphatic heterocycles. The highest BCUT2D eigenvalue weighted by Crippen LogP contribution is 2.22. The van der Waals surface area contributed by atoms with Crippen LogP contribution in [0.3, 0.4) is 0 Å². The van der Waals surface area contributed by atoms with Crippen LogP contribution < -0.4 is 0 Å². The number of phenolic OH excluding ortho intramolecular Hbond substituents is 1. The fourth-order valence-electron chi connectivity index (χ4n) is 3.45. The summed E-state index contributed by atoms with van der Waals surface area (Å²) in [5, 5.41) is 17.0. The lowest BCUT2D eigenvalue weighted by Gasteiger charge is -2.33. The van der Waals surface area contributed by atoms with Crippen molar-refractivity contribution in [3.8, 4) is 5.75 Å². The van der Waals surface area contributed by atoms with E-state index in [4.69, 9.17) is 0 Å². The van der Waals surface area contributed by atoms with Crippen molar-refractivity contribution in [2.24, 2.45) is 5.10 Å². The zero-order valence-corrected chi connectivity index (χ0v) is 16.4. The van der Waals surface area contributed by atoms with Crippen LogP contribution in [0.2, 0.25) is 0 Å². The average Bonchev–Trinajstić information content (AvgIpc) is 2.66. The first-order chi connectivity index (χ1) is 13.1. The van der Waals surface area contributed by atoms with Gasteiger partial charge in [0.2, 0.25) is 0 Å². The fourth-order valence-corrected chi connectivity index (χ4v) is 3.45. The Labute approximate surface area is 162 Å². The van der Waals surface area contributed by atoms with Gasteiger partial charge in [-0.1, -0.05) is 42.0 Å². The SMILES string of the molecule is C=CCc1cccc(C=NN2CCN(Cc3ccc(C)cc3C)CC2)c1O. The minimum Gasteiger partial charge on any atom is -0.507 e. The molecule has 2 aromatic rings. The van der Waals surface area contributed by atoms with Crippen molar-refractivity contribution in [1.29, 1.82) is 0 Å². The van der Waals surface area contributed by atoms with Gasteiger partial charge in [-0.05, 0) is 43.0 Å². The lowest BCUT2D eigenvalue weighted by atomic mass is 10.1. The molecule has 0 atom stereocenters. The third-order valence-electron chi connectivity index (χ3n) is 5.12. The monoisotopic (exact) mass is 363 g/mol. The number of nitrogens with zero attached hydrogens (tertiary/aromatic N) is 3.